The van der Waals surface area contributed by atoms with Crippen LogP contribution in [0.2, 0.25) is 0 Å². The molecule has 0 saturated heterocycles. The van der Waals surface area contributed by atoms with Crippen molar-refractivity contribution >= 4 is 17.2 Å². The van der Waals surface area contributed by atoms with Crippen LogP contribution in [0.5, 0.6) is 0 Å². The number of thiazole rings is 1. The molecule has 0 aliphatic heterocycles. The molecule has 0 fully saturated rings. The molecular formula is C13H14FN3OS. The molecule has 100 valence electrons. The fourth-order valence-electron chi connectivity index (χ4n) is 1.54. The number of carbonyl (C=O) groups is 1. The van der Waals surface area contributed by atoms with Gasteiger partial charge in [0.1, 0.15) is 10.7 Å². The maximum Gasteiger partial charge on any atom is 0.263 e. The lowest BCUT2D eigenvalue weighted by Gasteiger charge is -2.03. The number of carbonyl (C=O) groups excluding carboxylic acids is 1. The minimum absolute atomic E-state index is 0.0759. The number of hydrogen-bond donors (Lipinski definition) is 1. The molecule has 0 unspecified atom stereocenters. The van der Waals surface area contributed by atoms with Gasteiger partial charge in [-0.1, -0.05) is 6.92 Å². The van der Waals surface area contributed by atoms with E-state index in [1.165, 1.54) is 29.7 Å². The van der Waals surface area contributed by atoms with Crippen LogP contribution in [0.15, 0.2) is 24.5 Å². The topological polar surface area (TPSA) is 54.9 Å². The summed E-state index contributed by atoms with van der Waals surface area (Å²) in [5.41, 5.74) is 0.231. The second kappa shape index (κ2) is 6.38. The normalized spacial score (nSPS) is 10.4. The smallest absolute Gasteiger partial charge is 0.263 e. The highest BCUT2D eigenvalue weighted by molar-refractivity contribution is 7.13. The number of aryl methyl sites for hydroxylation is 1. The summed E-state index contributed by atoms with van der Waals surface area (Å²) < 4.78 is 13.3. The second-order valence-electron chi connectivity index (χ2n) is 3.98. The highest BCUT2D eigenvalue weighted by atomic mass is 32.1. The molecule has 2 rings (SSSR count). The molecule has 2 aromatic rings. The molecule has 0 saturated carbocycles. The molecule has 0 bridgehead atoms. The van der Waals surface area contributed by atoms with Crippen LogP contribution in [0, 0.1) is 5.82 Å². The summed E-state index contributed by atoms with van der Waals surface area (Å²) in [5.74, 6) is -0.663. The van der Waals surface area contributed by atoms with Crippen LogP contribution in [0.25, 0.3) is 0 Å². The van der Waals surface area contributed by atoms with Crippen LogP contribution in [-0.2, 0) is 13.0 Å². The van der Waals surface area contributed by atoms with Crippen molar-refractivity contribution in [2.75, 3.05) is 0 Å². The number of halogens is 1. The van der Waals surface area contributed by atoms with E-state index in [2.05, 4.69) is 22.2 Å². The van der Waals surface area contributed by atoms with Gasteiger partial charge < -0.3 is 5.32 Å². The van der Waals surface area contributed by atoms with Crippen molar-refractivity contribution in [3.8, 4) is 0 Å². The molecule has 19 heavy (non-hydrogen) atoms. The predicted octanol–water partition coefficient (Wildman–Crippen LogP) is 2.56. The van der Waals surface area contributed by atoms with Gasteiger partial charge in [0.15, 0.2) is 0 Å². The average Bonchev–Trinajstić information content (AvgIpc) is 2.87. The monoisotopic (exact) mass is 279 g/mol. The van der Waals surface area contributed by atoms with Crippen LogP contribution in [0.1, 0.15) is 33.7 Å². The summed E-state index contributed by atoms with van der Waals surface area (Å²) >= 11 is 1.37. The molecule has 1 amide bonds. The number of pyridine rings is 1. The number of aromatic nitrogens is 2. The second-order valence-corrected chi connectivity index (χ2v) is 5.10. The van der Waals surface area contributed by atoms with Crippen LogP contribution in [-0.4, -0.2) is 15.9 Å². The molecule has 0 aliphatic rings. The first kappa shape index (κ1) is 13.6. The highest BCUT2D eigenvalue weighted by Crippen LogP contribution is 2.14. The Morgan fingerprint density at radius 3 is 3.05 bits per heavy atom. The molecule has 1 N–H and O–H groups in total. The van der Waals surface area contributed by atoms with E-state index in [9.17, 15) is 9.18 Å². The van der Waals surface area contributed by atoms with Crippen molar-refractivity contribution in [2.24, 2.45) is 0 Å². The number of nitrogens with one attached hydrogen (secondary N) is 1. The molecule has 0 aliphatic carbocycles. The Kier molecular flexibility index (Phi) is 4.57. The van der Waals surface area contributed by atoms with E-state index in [-0.39, 0.29) is 18.1 Å². The van der Waals surface area contributed by atoms with E-state index >= 15 is 0 Å². The molecule has 0 atom stereocenters. The van der Waals surface area contributed by atoms with Crippen molar-refractivity contribution in [3.05, 3.63) is 45.9 Å². The van der Waals surface area contributed by atoms with Gasteiger partial charge in [-0.15, -0.1) is 11.3 Å². The average molecular weight is 279 g/mol. The van der Waals surface area contributed by atoms with Gasteiger partial charge in [-0.25, -0.2) is 9.37 Å². The molecule has 4 nitrogen and oxygen atoms in total. The Hall–Kier alpha value is -1.82. The van der Waals surface area contributed by atoms with E-state index in [4.69, 9.17) is 0 Å². The molecule has 2 aromatic heterocycles. The van der Waals surface area contributed by atoms with Gasteiger partial charge in [0.05, 0.1) is 23.4 Å². The van der Waals surface area contributed by atoms with Gasteiger partial charge in [-0.2, -0.15) is 0 Å². The zero-order chi connectivity index (χ0) is 13.7. The van der Waals surface area contributed by atoms with Gasteiger partial charge >= 0.3 is 0 Å². The van der Waals surface area contributed by atoms with Gasteiger partial charge in [0.2, 0.25) is 0 Å². The maximum absolute atomic E-state index is 13.3. The number of hydrogen-bond acceptors (Lipinski definition) is 4. The zero-order valence-electron chi connectivity index (χ0n) is 10.5. The van der Waals surface area contributed by atoms with Crippen molar-refractivity contribution in [1.29, 1.82) is 0 Å². The zero-order valence-corrected chi connectivity index (χ0v) is 11.3. The Morgan fingerprint density at radius 2 is 2.32 bits per heavy atom. The van der Waals surface area contributed by atoms with Crippen molar-refractivity contribution in [3.63, 3.8) is 0 Å². The third-order valence-corrected chi connectivity index (χ3v) is 3.55. The SMILES string of the molecule is CCCc1ncc(C(=O)NCc2ncccc2F)s1. The minimum Gasteiger partial charge on any atom is -0.346 e. The Balaban J connectivity index is 1.95. The number of amides is 1. The Labute approximate surface area is 114 Å². The Morgan fingerprint density at radius 1 is 1.47 bits per heavy atom. The Bertz CT molecular complexity index is 571. The van der Waals surface area contributed by atoms with Gasteiger partial charge in [-0.3, -0.25) is 9.78 Å². The largest absolute Gasteiger partial charge is 0.346 e. The maximum atomic E-state index is 13.3. The van der Waals surface area contributed by atoms with Crippen LogP contribution >= 0.6 is 11.3 Å². The summed E-state index contributed by atoms with van der Waals surface area (Å²) in [5, 5.41) is 3.58. The van der Waals surface area contributed by atoms with Crippen molar-refractivity contribution in [1.82, 2.24) is 15.3 Å². The summed E-state index contributed by atoms with van der Waals surface area (Å²) in [4.78, 5) is 20.4. The summed E-state index contributed by atoms with van der Waals surface area (Å²) in [6, 6.07) is 2.83. The van der Waals surface area contributed by atoms with Crippen LogP contribution in [0.3, 0.4) is 0 Å². The summed E-state index contributed by atoms with van der Waals surface area (Å²) in [6.07, 6.45) is 4.91. The van der Waals surface area contributed by atoms with E-state index in [1.807, 2.05) is 0 Å². The van der Waals surface area contributed by atoms with E-state index in [1.54, 1.807) is 6.20 Å². The van der Waals surface area contributed by atoms with Gasteiger partial charge in [0.25, 0.3) is 5.91 Å². The molecule has 0 radical (unpaired) electrons. The molecule has 6 heteroatoms. The fourth-order valence-corrected chi connectivity index (χ4v) is 2.48. The first-order chi connectivity index (χ1) is 9.20. The number of nitrogens with zero attached hydrogens (tertiary/aromatic N) is 2. The van der Waals surface area contributed by atoms with E-state index < -0.39 is 5.82 Å². The molecule has 2 heterocycles. The van der Waals surface area contributed by atoms with E-state index in [0.29, 0.717) is 4.88 Å². The van der Waals surface area contributed by atoms with Gasteiger partial charge in [-0.05, 0) is 25.0 Å². The standard InChI is InChI=1S/C13H14FN3OS/c1-2-4-12-16-8-11(19-12)13(18)17-7-10-9(14)5-3-6-15-10/h3,5-6,8H,2,4,7H2,1H3,(H,17,18). The quantitative estimate of drug-likeness (QED) is 0.915. The third-order valence-electron chi connectivity index (χ3n) is 2.49. The molecular weight excluding hydrogens is 265 g/mol. The summed E-state index contributed by atoms with van der Waals surface area (Å²) in [7, 11) is 0. The van der Waals surface area contributed by atoms with Crippen molar-refractivity contribution in [2.45, 2.75) is 26.3 Å². The fraction of sp³-hybridized carbons (Fsp3) is 0.308. The van der Waals surface area contributed by atoms with Crippen LogP contribution in [0.4, 0.5) is 4.39 Å². The van der Waals surface area contributed by atoms with Gasteiger partial charge in [0, 0.05) is 6.20 Å². The lowest BCUT2D eigenvalue weighted by atomic mass is 10.3. The predicted molar refractivity (Wildman–Crippen MR) is 71.5 cm³/mol. The summed E-state index contributed by atoms with van der Waals surface area (Å²) in [6.45, 7) is 2.14. The lowest BCUT2D eigenvalue weighted by molar-refractivity contribution is 0.0954. The number of rotatable bonds is 5. The first-order valence-electron chi connectivity index (χ1n) is 6.03. The van der Waals surface area contributed by atoms with Crippen LogP contribution < -0.4 is 5.32 Å². The lowest BCUT2D eigenvalue weighted by Crippen LogP contribution is -2.23. The first-order valence-corrected chi connectivity index (χ1v) is 6.84. The van der Waals surface area contributed by atoms with Crippen molar-refractivity contribution < 1.29 is 9.18 Å². The molecule has 0 spiro atoms. The minimum atomic E-state index is -0.418. The van der Waals surface area contributed by atoms with E-state index in [0.717, 1.165) is 17.8 Å². The highest BCUT2D eigenvalue weighted by Gasteiger charge is 2.11. The molecule has 0 aromatic carbocycles. The third kappa shape index (κ3) is 3.57.